The van der Waals surface area contributed by atoms with Gasteiger partial charge in [0.15, 0.2) is 0 Å². The number of hydrogen-bond donors (Lipinski definition) is 1. The summed E-state index contributed by atoms with van der Waals surface area (Å²) in [4.78, 5) is 14.4. The molecule has 12 heavy (non-hydrogen) atoms. The fourth-order valence-electron chi connectivity index (χ4n) is 0.939. The Bertz CT molecular complexity index is 479. The Hall–Kier alpha value is -1.42. The summed E-state index contributed by atoms with van der Waals surface area (Å²) in [5.41, 5.74) is 0.528. The highest BCUT2D eigenvalue weighted by molar-refractivity contribution is 6.34. The third-order valence-electron chi connectivity index (χ3n) is 1.45. The molecular weight excluding hydrogens is 178 g/mol. The lowest BCUT2D eigenvalue weighted by atomic mass is 10.3. The first-order chi connectivity index (χ1) is 5.77. The van der Waals surface area contributed by atoms with Crippen LogP contribution in [0.3, 0.4) is 0 Å². The average Bonchev–Trinajstić information content (AvgIpc) is 2.07. The molecule has 1 heterocycles. The Balaban J connectivity index is 2.97. The molecule has 2 rings (SSSR count). The van der Waals surface area contributed by atoms with Crippen molar-refractivity contribution in [3.63, 3.8) is 0 Å². The number of benzene rings is 1. The van der Waals surface area contributed by atoms with Crippen molar-refractivity contribution >= 4 is 22.6 Å². The summed E-state index contributed by atoms with van der Waals surface area (Å²) in [5.74, 6) is 0. The zero-order chi connectivity index (χ0) is 8.55. The van der Waals surface area contributed by atoms with Crippen molar-refractivity contribution < 1.29 is 0 Å². The summed E-state index contributed by atoms with van der Waals surface area (Å²) in [5, 5.41) is 6.42. The lowest BCUT2D eigenvalue weighted by molar-refractivity contribution is 0.961. The van der Waals surface area contributed by atoms with E-state index < -0.39 is 5.69 Å². The minimum Gasteiger partial charge on any atom is -0.244 e. The molecule has 0 atom stereocenters. The SMILES string of the molecule is O=c1nc2c(Cl)cccc2n[nH]1. The predicted octanol–water partition coefficient (Wildman–Crippen LogP) is 0.971. The number of rotatable bonds is 0. The molecule has 0 unspecified atom stereocenters. The third-order valence-corrected chi connectivity index (χ3v) is 1.76. The largest absolute Gasteiger partial charge is 0.361 e. The molecule has 0 bridgehead atoms. The van der Waals surface area contributed by atoms with Crippen molar-refractivity contribution in [3.05, 3.63) is 33.7 Å². The Morgan fingerprint density at radius 3 is 3.08 bits per heavy atom. The molecule has 0 fully saturated rings. The highest BCUT2D eigenvalue weighted by Crippen LogP contribution is 2.16. The summed E-state index contributed by atoms with van der Waals surface area (Å²) in [6.07, 6.45) is 0. The van der Waals surface area contributed by atoms with Gasteiger partial charge in [0.2, 0.25) is 0 Å². The van der Waals surface area contributed by atoms with Crippen LogP contribution in [0, 0.1) is 0 Å². The fourth-order valence-corrected chi connectivity index (χ4v) is 1.15. The molecule has 1 aromatic heterocycles. The van der Waals surface area contributed by atoms with Crippen molar-refractivity contribution in [2.24, 2.45) is 0 Å². The number of hydrogen-bond acceptors (Lipinski definition) is 3. The van der Waals surface area contributed by atoms with Crippen molar-refractivity contribution in [1.29, 1.82) is 0 Å². The van der Waals surface area contributed by atoms with Crippen molar-refractivity contribution in [1.82, 2.24) is 15.2 Å². The lowest BCUT2D eigenvalue weighted by Crippen LogP contribution is -2.11. The van der Waals surface area contributed by atoms with E-state index in [0.29, 0.717) is 16.1 Å². The van der Waals surface area contributed by atoms with E-state index in [1.54, 1.807) is 18.2 Å². The molecule has 0 radical (unpaired) electrons. The number of halogens is 1. The molecule has 0 saturated heterocycles. The number of aromatic nitrogens is 3. The molecule has 0 amide bonds. The molecule has 0 spiro atoms. The van der Waals surface area contributed by atoms with Gasteiger partial charge in [0.1, 0.15) is 11.0 Å². The Labute approximate surface area is 72.2 Å². The molecule has 4 nitrogen and oxygen atoms in total. The molecule has 1 N–H and O–H groups in total. The molecule has 60 valence electrons. The number of fused-ring (bicyclic) bond motifs is 1. The maximum atomic E-state index is 10.7. The average molecular weight is 182 g/mol. The van der Waals surface area contributed by atoms with Crippen LogP contribution in [-0.4, -0.2) is 15.2 Å². The number of aromatic amines is 1. The summed E-state index contributed by atoms with van der Waals surface area (Å²) in [6, 6.07) is 5.14. The summed E-state index contributed by atoms with van der Waals surface area (Å²) in [7, 11) is 0. The molecule has 0 saturated carbocycles. The van der Waals surface area contributed by atoms with E-state index >= 15 is 0 Å². The van der Waals surface area contributed by atoms with E-state index in [-0.39, 0.29) is 0 Å². The standard InChI is InChI=1S/C7H4ClN3O/c8-4-2-1-3-5-6(4)9-7(12)11-10-5/h1-3H,(H,9,11,12). The Morgan fingerprint density at radius 2 is 2.25 bits per heavy atom. The zero-order valence-electron chi connectivity index (χ0n) is 5.91. The second-order valence-corrected chi connectivity index (χ2v) is 2.66. The third kappa shape index (κ3) is 1.06. The summed E-state index contributed by atoms with van der Waals surface area (Å²) >= 11 is 5.77. The first-order valence-electron chi connectivity index (χ1n) is 3.28. The van der Waals surface area contributed by atoms with E-state index in [4.69, 9.17) is 11.6 Å². The van der Waals surface area contributed by atoms with Gasteiger partial charge in [0.25, 0.3) is 0 Å². The van der Waals surface area contributed by atoms with Crippen LogP contribution in [0.5, 0.6) is 0 Å². The maximum absolute atomic E-state index is 10.7. The number of para-hydroxylation sites is 1. The van der Waals surface area contributed by atoms with E-state index in [1.807, 2.05) is 0 Å². The number of nitrogens with zero attached hydrogens (tertiary/aromatic N) is 2. The van der Waals surface area contributed by atoms with Gasteiger partial charge >= 0.3 is 5.69 Å². The van der Waals surface area contributed by atoms with Gasteiger partial charge in [-0.15, -0.1) is 0 Å². The molecule has 0 aliphatic heterocycles. The van der Waals surface area contributed by atoms with Crippen molar-refractivity contribution in [2.45, 2.75) is 0 Å². The van der Waals surface area contributed by atoms with Gasteiger partial charge in [-0.05, 0) is 12.1 Å². The number of H-pyrrole nitrogens is 1. The first-order valence-corrected chi connectivity index (χ1v) is 3.66. The van der Waals surface area contributed by atoms with Gasteiger partial charge in [-0.3, -0.25) is 0 Å². The van der Waals surface area contributed by atoms with Gasteiger partial charge in [0.05, 0.1) is 5.02 Å². The second-order valence-electron chi connectivity index (χ2n) is 2.25. The van der Waals surface area contributed by atoms with Crippen LogP contribution in [0.15, 0.2) is 23.0 Å². The van der Waals surface area contributed by atoms with Gasteiger partial charge in [-0.1, -0.05) is 17.7 Å². The van der Waals surface area contributed by atoms with Gasteiger partial charge < -0.3 is 0 Å². The highest BCUT2D eigenvalue weighted by atomic mass is 35.5. The molecular formula is C7H4ClN3O. The quantitative estimate of drug-likeness (QED) is 0.659. The first kappa shape index (κ1) is 7.24. The Morgan fingerprint density at radius 1 is 1.42 bits per heavy atom. The van der Waals surface area contributed by atoms with Crippen molar-refractivity contribution in [3.8, 4) is 0 Å². The van der Waals surface area contributed by atoms with Gasteiger partial charge in [0, 0.05) is 0 Å². The van der Waals surface area contributed by atoms with Crippen LogP contribution in [0.25, 0.3) is 11.0 Å². The van der Waals surface area contributed by atoms with Crippen LogP contribution in [0.4, 0.5) is 0 Å². The van der Waals surface area contributed by atoms with E-state index in [2.05, 4.69) is 15.2 Å². The van der Waals surface area contributed by atoms with Crippen LogP contribution in [0.2, 0.25) is 5.02 Å². The van der Waals surface area contributed by atoms with E-state index in [1.165, 1.54) is 0 Å². The van der Waals surface area contributed by atoms with E-state index in [9.17, 15) is 4.79 Å². The van der Waals surface area contributed by atoms with Crippen LogP contribution in [-0.2, 0) is 0 Å². The normalized spacial score (nSPS) is 10.4. The molecule has 0 aliphatic rings. The summed E-state index contributed by atoms with van der Waals surface area (Å²) < 4.78 is 0. The second kappa shape index (κ2) is 2.57. The predicted molar refractivity (Wildman–Crippen MR) is 45.2 cm³/mol. The monoisotopic (exact) mass is 181 g/mol. The smallest absolute Gasteiger partial charge is 0.244 e. The van der Waals surface area contributed by atoms with Crippen LogP contribution in [0.1, 0.15) is 0 Å². The topological polar surface area (TPSA) is 58.6 Å². The zero-order valence-corrected chi connectivity index (χ0v) is 6.67. The fraction of sp³-hybridized carbons (Fsp3) is 0. The van der Waals surface area contributed by atoms with Gasteiger partial charge in [-0.25, -0.2) is 9.89 Å². The van der Waals surface area contributed by atoms with Crippen LogP contribution >= 0.6 is 11.6 Å². The minimum absolute atomic E-state index is 0.433. The lowest BCUT2D eigenvalue weighted by Gasteiger charge is -1.94. The Kier molecular flexibility index (Phi) is 1.55. The van der Waals surface area contributed by atoms with E-state index in [0.717, 1.165) is 0 Å². The minimum atomic E-state index is -0.490. The van der Waals surface area contributed by atoms with Crippen molar-refractivity contribution in [2.75, 3.05) is 0 Å². The molecule has 0 aliphatic carbocycles. The molecule has 5 heteroatoms. The maximum Gasteiger partial charge on any atom is 0.361 e. The molecule has 2 aromatic rings. The number of nitrogens with one attached hydrogen (secondary N) is 1. The molecule has 1 aromatic carbocycles. The summed E-state index contributed by atoms with van der Waals surface area (Å²) in [6.45, 7) is 0. The van der Waals surface area contributed by atoms with Gasteiger partial charge in [-0.2, -0.15) is 10.1 Å². The van der Waals surface area contributed by atoms with Crippen LogP contribution < -0.4 is 5.69 Å². The highest BCUT2D eigenvalue weighted by Gasteiger charge is 2.00.